The van der Waals surface area contributed by atoms with Crippen molar-refractivity contribution in [2.75, 3.05) is 6.61 Å². The number of aryl methyl sites for hydroxylation is 1. The van der Waals surface area contributed by atoms with Crippen LogP contribution in [0.1, 0.15) is 25.1 Å². The van der Waals surface area contributed by atoms with Gasteiger partial charge in [0.1, 0.15) is 6.07 Å². The Kier molecular flexibility index (Phi) is 6.14. The van der Waals surface area contributed by atoms with Gasteiger partial charge in [0, 0.05) is 12.6 Å². The molecule has 1 rings (SSSR count). The molecule has 1 aromatic rings. The summed E-state index contributed by atoms with van der Waals surface area (Å²) in [5.74, 6) is 0.410. The minimum atomic E-state index is -0.0781. The molecule has 1 N–H and O–H groups in total. The molecule has 0 aliphatic heterocycles. The van der Waals surface area contributed by atoms with E-state index in [2.05, 4.69) is 5.10 Å². The van der Waals surface area contributed by atoms with Crippen molar-refractivity contribution in [2.45, 2.75) is 27.4 Å². The molecule has 0 saturated heterocycles. The summed E-state index contributed by atoms with van der Waals surface area (Å²) in [4.78, 5) is 0. The van der Waals surface area contributed by atoms with E-state index < -0.39 is 0 Å². The Morgan fingerprint density at radius 2 is 2.13 bits per heavy atom. The highest BCUT2D eigenvalue weighted by Crippen LogP contribution is 2.19. The molecule has 1 heterocycles. The van der Waals surface area contributed by atoms with Crippen LogP contribution >= 0.6 is 0 Å². The molecule has 15 heavy (non-hydrogen) atoms. The second kappa shape index (κ2) is 6.85. The lowest BCUT2D eigenvalue weighted by molar-refractivity contribution is 0.270. The van der Waals surface area contributed by atoms with Crippen molar-refractivity contribution in [1.82, 2.24) is 9.78 Å². The lowest BCUT2D eigenvalue weighted by Gasteiger charge is -1.97. The predicted octanol–water partition coefficient (Wildman–Crippen LogP) is 1.15. The summed E-state index contributed by atoms with van der Waals surface area (Å²) in [6, 6.07) is 1.86. The van der Waals surface area contributed by atoms with E-state index in [1.165, 1.54) is 0 Å². The third kappa shape index (κ3) is 3.26. The van der Waals surface area contributed by atoms with E-state index in [0.29, 0.717) is 11.6 Å². The van der Waals surface area contributed by atoms with Crippen LogP contribution < -0.4 is 4.74 Å². The van der Waals surface area contributed by atoms with E-state index >= 15 is 0 Å². The van der Waals surface area contributed by atoms with Crippen molar-refractivity contribution in [3.8, 4) is 11.9 Å². The zero-order chi connectivity index (χ0) is 11.8. The van der Waals surface area contributed by atoms with Gasteiger partial charge in [0.05, 0.1) is 12.3 Å². The number of aromatic nitrogens is 2. The van der Waals surface area contributed by atoms with Crippen molar-refractivity contribution < 1.29 is 9.84 Å². The average Bonchev–Trinajstić information content (AvgIpc) is 2.53. The lowest BCUT2D eigenvalue weighted by Crippen LogP contribution is -1.98. The highest BCUT2D eigenvalue weighted by Gasteiger charge is 2.11. The van der Waals surface area contributed by atoms with E-state index in [0.717, 1.165) is 5.56 Å². The second-order valence-corrected chi connectivity index (χ2v) is 2.61. The van der Waals surface area contributed by atoms with Crippen LogP contribution in [0.4, 0.5) is 0 Å². The first-order chi connectivity index (χ1) is 7.20. The Morgan fingerprint density at radius 3 is 2.53 bits per heavy atom. The fraction of sp³-hybridized carbons (Fsp3) is 0.600. The summed E-state index contributed by atoms with van der Waals surface area (Å²) < 4.78 is 6.59. The van der Waals surface area contributed by atoms with Crippen LogP contribution in [0.2, 0.25) is 0 Å². The molecule has 1 aromatic heterocycles. The van der Waals surface area contributed by atoms with Gasteiger partial charge in [-0.05, 0) is 6.92 Å². The molecule has 0 amide bonds. The Labute approximate surface area is 89.9 Å². The Hall–Kier alpha value is -1.54. The molecular formula is C10H17N3O2. The first-order valence-electron chi connectivity index (χ1n) is 4.83. The highest BCUT2D eigenvalue weighted by atomic mass is 16.5. The third-order valence-electron chi connectivity index (χ3n) is 1.81. The van der Waals surface area contributed by atoms with Crippen LogP contribution in [-0.4, -0.2) is 21.5 Å². The predicted molar refractivity (Wildman–Crippen MR) is 56.3 cm³/mol. The molecule has 0 atom stereocenters. The van der Waals surface area contributed by atoms with Crippen molar-refractivity contribution in [3.63, 3.8) is 0 Å². The quantitative estimate of drug-likeness (QED) is 0.814. The molecule has 0 saturated carbocycles. The number of hydrogen-bond donors (Lipinski definition) is 1. The molecule has 0 aromatic carbocycles. The van der Waals surface area contributed by atoms with Gasteiger partial charge in [-0.15, -0.1) is 5.10 Å². The minimum Gasteiger partial charge on any atom is -0.461 e. The largest absolute Gasteiger partial charge is 0.461 e. The van der Waals surface area contributed by atoms with E-state index in [1.54, 1.807) is 18.7 Å². The Balaban J connectivity index is 0.000000921. The van der Waals surface area contributed by atoms with Gasteiger partial charge in [-0.25, -0.2) is 0 Å². The molecule has 84 valence electrons. The van der Waals surface area contributed by atoms with Gasteiger partial charge in [0.2, 0.25) is 5.88 Å². The summed E-state index contributed by atoms with van der Waals surface area (Å²) in [5.41, 5.74) is 1.48. The molecule has 5 heteroatoms. The normalized spacial score (nSPS) is 8.80. The summed E-state index contributed by atoms with van der Waals surface area (Å²) in [5, 5.41) is 21.3. The van der Waals surface area contributed by atoms with Gasteiger partial charge in [-0.3, -0.25) is 4.68 Å². The Bertz CT molecular complexity index is 339. The minimum absolute atomic E-state index is 0.0251. The van der Waals surface area contributed by atoms with E-state index in [4.69, 9.17) is 15.1 Å². The van der Waals surface area contributed by atoms with Crippen LogP contribution in [-0.2, 0) is 13.7 Å². The molecule has 0 aliphatic carbocycles. The molecule has 0 spiro atoms. The molecular weight excluding hydrogens is 194 g/mol. The molecule has 0 unspecified atom stereocenters. The van der Waals surface area contributed by atoms with Crippen molar-refractivity contribution in [2.24, 2.45) is 7.05 Å². The van der Waals surface area contributed by atoms with E-state index in [9.17, 15) is 0 Å². The van der Waals surface area contributed by atoms with Crippen LogP contribution in [0.5, 0.6) is 5.88 Å². The van der Waals surface area contributed by atoms with Crippen molar-refractivity contribution >= 4 is 0 Å². The fourth-order valence-electron chi connectivity index (χ4n) is 1.10. The monoisotopic (exact) mass is 211 g/mol. The molecule has 0 aliphatic rings. The molecule has 0 bridgehead atoms. The first-order valence-corrected chi connectivity index (χ1v) is 4.83. The van der Waals surface area contributed by atoms with E-state index in [-0.39, 0.29) is 13.2 Å². The fourth-order valence-corrected chi connectivity index (χ4v) is 1.10. The van der Waals surface area contributed by atoms with Gasteiger partial charge in [-0.2, -0.15) is 5.26 Å². The standard InChI is InChI=1S/C8H11N3O2.C2H6/c1-6-7(5-12)11(2)10-8(6)13-4-3-9;1-2/h12H,4-5H2,1-2H3;1-2H3. The van der Waals surface area contributed by atoms with Gasteiger partial charge >= 0.3 is 0 Å². The average molecular weight is 211 g/mol. The SMILES string of the molecule is CC.Cc1c(OCC#N)nn(C)c1CO. The number of aliphatic hydroxyl groups excluding tert-OH is 1. The molecule has 5 nitrogen and oxygen atoms in total. The van der Waals surface area contributed by atoms with Crippen molar-refractivity contribution in [1.29, 1.82) is 5.26 Å². The second-order valence-electron chi connectivity index (χ2n) is 2.61. The van der Waals surface area contributed by atoms with Gasteiger partial charge in [-0.1, -0.05) is 13.8 Å². The van der Waals surface area contributed by atoms with Gasteiger partial charge in [0.15, 0.2) is 6.61 Å². The summed E-state index contributed by atoms with van der Waals surface area (Å²) in [6.45, 7) is 5.69. The van der Waals surface area contributed by atoms with Crippen LogP contribution in [0.25, 0.3) is 0 Å². The Morgan fingerprint density at radius 1 is 1.53 bits per heavy atom. The maximum atomic E-state index is 8.96. The van der Waals surface area contributed by atoms with Crippen LogP contribution in [0.3, 0.4) is 0 Å². The van der Waals surface area contributed by atoms with Gasteiger partial charge < -0.3 is 9.84 Å². The van der Waals surface area contributed by atoms with Crippen molar-refractivity contribution in [3.05, 3.63) is 11.3 Å². The van der Waals surface area contributed by atoms with E-state index in [1.807, 2.05) is 19.9 Å². The maximum Gasteiger partial charge on any atom is 0.237 e. The topological polar surface area (TPSA) is 71.1 Å². The third-order valence-corrected chi connectivity index (χ3v) is 1.81. The molecule has 0 fully saturated rings. The van der Waals surface area contributed by atoms with Crippen LogP contribution in [0, 0.1) is 18.3 Å². The highest BCUT2D eigenvalue weighted by molar-refractivity contribution is 5.29. The van der Waals surface area contributed by atoms with Gasteiger partial charge in [0.25, 0.3) is 0 Å². The number of nitrogens with zero attached hydrogens (tertiary/aromatic N) is 3. The number of nitriles is 1. The summed E-state index contributed by atoms with van der Waals surface area (Å²) in [7, 11) is 1.72. The maximum absolute atomic E-state index is 8.96. The smallest absolute Gasteiger partial charge is 0.237 e. The van der Waals surface area contributed by atoms with Crippen LogP contribution in [0.15, 0.2) is 0 Å². The number of ether oxygens (including phenoxy) is 1. The summed E-state index contributed by atoms with van der Waals surface area (Å²) >= 11 is 0. The molecule has 0 radical (unpaired) electrons. The number of aliphatic hydroxyl groups is 1. The zero-order valence-electron chi connectivity index (χ0n) is 9.61. The number of rotatable bonds is 3. The first kappa shape index (κ1) is 13.5. The lowest BCUT2D eigenvalue weighted by atomic mass is 10.3. The zero-order valence-corrected chi connectivity index (χ0v) is 9.61. The number of hydrogen-bond acceptors (Lipinski definition) is 4. The summed E-state index contributed by atoms with van der Waals surface area (Å²) in [6.07, 6.45) is 0.